The fraction of sp³-hybridized carbons (Fsp3) is 0.692. The summed E-state index contributed by atoms with van der Waals surface area (Å²) in [5.74, 6) is 0.645. The summed E-state index contributed by atoms with van der Waals surface area (Å²) in [4.78, 5) is 12.1. The molecular formula is C13H21BrN4O. The highest BCUT2D eigenvalue weighted by atomic mass is 79.9. The topological polar surface area (TPSA) is 59.0 Å². The van der Waals surface area contributed by atoms with Crippen LogP contribution in [0.3, 0.4) is 0 Å². The standard InChI is InChI=1S/C13H21BrN4O/c1-9(2)15-5-6-16-11-7-17-18(8-10-3-4-10)13(19)12(11)14/h7,9-10,15-16H,3-6,8H2,1-2H3. The van der Waals surface area contributed by atoms with Gasteiger partial charge >= 0.3 is 0 Å². The van der Waals surface area contributed by atoms with Crippen LogP contribution in [0.5, 0.6) is 0 Å². The van der Waals surface area contributed by atoms with Crippen molar-refractivity contribution in [2.24, 2.45) is 5.92 Å². The molecule has 5 nitrogen and oxygen atoms in total. The summed E-state index contributed by atoms with van der Waals surface area (Å²) in [6.07, 6.45) is 4.16. The number of hydrogen-bond acceptors (Lipinski definition) is 4. The van der Waals surface area contributed by atoms with Crippen LogP contribution in [-0.2, 0) is 6.54 Å². The van der Waals surface area contributed by atoms with Gasteiger partial charge < -0.3 is 10.6 Å². The van der Waals surface area contributed by atoms with Crippen molar-refractivity contribution in [3.8, 4) is 0 Å². The van der Waals surface area contributed by atoms with Gasteiger partial charge in [0.05, 0.1) is 11.9 Å². The van der Waals surface area contributed by atoms with Gasteiger partial charge in [0, 0.05) is 25.7 Å². The number of halogens is 1. The van der Waals surface area contributed by atoms with E-state index in [1.165, 1.54) is 12.8 Å². The Morgan fingerprint density at radius 3 is 2.84 bits per heavy atom. The second-order valence-corrected chi connectivity index (χ2v) is 6.13. The lowest BCUT2D eigenvalue weighted by Crippen LogP contribution is -2.29. The van der Waals surface area contributed by atoms with E-state index in [-0.39, 0.29) is 5.56 Å². The van der Waals surface area contributed by atoms with Crippen LogP contribution >= 0.6 is 15.9 Å². The lowest BCUT2D eigenvalue weighted by Gasteiger charge is -2.12. The maximum atomic E-state index is 12.1. The average Bonchev–Trinajstić information content (AvgIpc) is 3.17. The van der Waals surface area contributed by atoms with E-state index in [1.54, 1.807) is 10.9 Å². The van der Waals surface area contributed by atoms with E-state index in [1.807, 2.05) is 0 Å². The zero-order valence-electron chi connectivity index (χ0n) is 11.4. The molecule has 106 valence electrons. The molecule has 1 fully saturated rings. The summed E-state index contributed by atoms with van der Waals surface area (Å²) in [6, 6.07) is 0.468. The number of anilines is 1. The van der Waals surface area contributed by atoms with Gasteiger partial charge in [-0.25, -0.2) is 4.68 Å². The quantitative estimate of drug-likeness (QED) is 0.750. The molecule has 1 aliphatic carbocycles. The zero-order valence-corrected chi connectivity index (χ0v) is 13.0. The van der Waals surface area contributed by atoms with E-state index in [9.17, 15) is 4.79 Å². The van der Waals surface area contributed by atoms with Gasteiger partial charge in [-0.2, -0.15) is 5.10 Å². The molecule has 19 heavy (non-hydrogen) atoms. The van der Waals surface area contributed by atoms with Gasteiger partial charge in [0.2, 0.25) is 0 Å². The minimum absolute atomic E-state index is 0.0475. The SMILES string of the molecule is CC(C)NCCNc1cnn(CC2CC2)c(=O)c1Br. The molecule has 1 aromatic heterocycles. The molecule has 0 bridgehead atoms. The van der Waals surface area contributed by atoms with Gasteiger partial charge in [-0.1, -0.05) is 13.8 Å². The molecule has 2 rings (SSSR count). The van der Waals surface area contributed by atoms with Gasteiger partial charge in [-0.05, 0) is 34.7 Å². The second kappa shape index (κ2) is 6.52. The summed E-state index contributed by atoms with van der Waals surface area (Å²) in [6.45, 7) is 6.58. The third kappa shape index (κ3) is 4.31. The van der Waals surface area contributed by atoms with Gasteiger partial charge in [0.15, 0.2) is 0 Å². The monoisotopic (exact) mass is 328 g/mol. The Hall–Kier alpha value is -0.880. The Kier molecular flexibility index (Phi) is 4.99. The molecule has 1 aromatic rings. The van der Waals surface area contributed by atoms with Crippen molar-refractivity contribution in [3.63, 3.8) is 0 Å². The Bertz CT molecular complexity index is 482. The highest BCUT2D eigenvalue weighted by molar-refractivity contribution is 9.10. The fourth-order valence-corrected chi connectivity index (χ4v) is 2.27. The number of rotatable bonds is 7. The predicted octanol–water partition coefficient (Wildman–Crippen LogP) is 1.83. The molecule has 0 aromatic carbocycles. The second-order valence-electron chi connectivity index (χ2n) is 5.34. The van der Waals surface area contributed by atoms with Crippen molar-refractivity contribution in [1.29, 1.82) is 0 Å². The fourth-order valence-electron chi connectivity index (χ4n) is 1.82. The van der Waals surface area contributed by atoms with E-state index < -0.39 is 0 Å². The maximum absolute atomic E-state index is 12.1. The van der Waals surface area contributed by atoms with Crippen LogP contribution in [0, 0.1) is 5.92 Å². The molecule has 1 aliphatic rings. The Labute approximate surface area is 121 Å². The summed E-state index contributed by atoms with van der Waals surface area (Å²) in [5, 5.41) is 10.8. The molecule has 0 atom stereocenters. The van der Waals surface area contributed by atoms with Crippen LogP contribution in [0.1, 0.15) is 26.7 Å². The van der Waals surface area contributed by atoms with Gasteiger partial charge in [-0.15, -0.1) is 0 Å². The lowest BCUT2D eigenvalue weighted by atomic mass is 10.4. The smallest absolute Gasteiger partial charge is 0.283 e. The first-order valence-corrected chi connectivity index (χ1v) is 7.60. The Morgan fingerprint density at radius 1 is 1.47 bits per heavy atom. The van der Waals surface area contributed by atoms with Crippen molar-refractivity contribution in [2.45, 2.75) is 39.3 Å². The first kappa shape index (κ1) is 14.5. The molecule has 1 heterocycles. The minimum atomic E-state index is -0.0475. The first-order chi connectivity index (χ1) is 9.08. The van der Waals surface area contributed by atoms with Crippen molar-refractivity contribution in [3.05, 3.63) is 21.0 Å². The van der Waals surface area contributed by atoms with Crippen LogP contribution in [0.4, 0.5) is 5.69 Å². The minimum Gasteiger partial charge on any atom is -0.381 e. The van der Waals surface area contributed by atoms with Crippen LogP contribution in [0.15, 0.2) is 15.5 Å². The highest BCUT2D eigenvalue weighted by Gasteiger charge is 2.23. The number of aromatic nitrogens is 2. The van der Waals surface area contributed by atoms with Crippen LogP contribution in [-0.4, -0.2) is 28.9 Å². The van der Waals surface area contributed by atoms with Gasteiger partial charge in [-0.3, -0.25) is 4.79 Å². The van der Waals surface area contributed by atoms with Gasteiger partial charge in [0.25, 0.3) is 5.56 Å². The number of nitrogens with zero attached hydrogens (tertiary/aromatic N) is 2. The average molecular weight is 329 g/mol. The third-order valence-electron chi connectivity index (χ3n) is 3.11. The molecule has 6 heteroatoms. The summed E-state index contributed by atoms with van der Waals surface area (Å²) < 4.78 is 2.13. The molecule has 0 unspecified atom stereocenters. The van der Waals surface area contributed by atoms with Crippen molar-refractivity contribution >= 4 is 21.6 Å². The number of nitrogens with one attached hydrogen (secondary N) is 2. The highest BCUT2D eigenvalue weighted by Crippen LogP contribution is 2.30. The van der Waals surface area contributed by atoms with E-state index in [2.05, 4.69) is 45.5 Å². The zero-order chi connectivity index (χ0) is 13.8. The van der Waals surface area contributed by atoms with Crippen molar-refractivity contribution in [2.75, 3.05) is 18.4 Å². The van der Waals surface area contributed by atoms with Crippen molar-refractivity contribution < 1.29 is 0 Å². The Morgan fingerprint density at radius 2 is 2.21 bits per heavy atom. The largest absolute Gasteiger partial charge is 0.381 e. The van der Waals surface area contributed by atoms with Crippen LogP contribution in [0.25, 0.3) is 0 Å². The molecule has 0 aliphatic heterocycles. The van der Waals surface area contributed by atoms with E-state index in [0.717, 1.165) is 25.3 Å². The molecule has 1 saturated carbocycles. The molecule has 0 radical (unpaired) electrons. The predicted molar refractivity (Wildman–Crippen MR) is 80.5 cm³/mol. The molecular weight excluding hydrogens is 308 g/mol. The van der Waals surface area contributed by atoms with Crippen LogP contribution < -0.4 is 16.2 Å². The lowest BCUT2D eigenvalue weighted by molar-refractivity contribution is 0.531. The van der Waals surface area contributed by atoms with E-state index >= 15 is 0 Å². The number of hydrogen-bond donors (Lipinski definition) is 2. The first-order valence-electron chi connectivity index (χ1n) is 6.81. The van der Waals surface area contributed by atoms with Crippen LogP contribution in [0.2, 0.25) is 0 Å². The Balaban J connectivity index is 1.93. The van der Waals surface area contributed by atoms with E-state index in [0.29, 0.717) is 16.4 Å². The molecule has 0 saturated heterocycles. The maximum Gasteiger partial charge on any atom is 0.283 e. The van der Waals surface area contributed by atoms with Crippen molar-refractivity contribution in [1.82, 2.24) is 15.1 Å². The molecule has 2 N–H and O–H groups in total. The van der Waals surface area contributed by atoms with Gasteiger partial charge in [0.1, 0.15) is 4.47 Å². The van der Waals surface area contributed by atoms with E-state index in [4.69, 9.17) is 0 Å². The normalized spacial score (nSPS) is 14.9. The molecule has 0 spiro atoms. The summed E-state index contributed by atoms with van der Waals surface area (Å²) in [5.41, 5.74) is 0.719. The summed E-state index contributed by atoms with van der Waals surface area (Å²) in [7, 11) is 0. The molecule has 0 amide bonds. The summed E-state index contributed by atoms with van der Waals surface area (Å²) >= 11 is 3.37. The third-order valence-corrected chi connectivity index (χ3v) is 3.87.